The minimum Gasteiger partial charge on any atom is -0.350 e. The Kier molecular flexibility index (Phi) is 6.37. The van der Waals surface area contributed by atoms with Gasteiger partial charge in [-0.3, -0.25) is 14.9 Å². The second kappa shape index (κ2) is 8.80. The van der Waals surface area contributed by atoms with Crippen LogP contribution in [0.4, 0.5) is 22.7 Å². The Hall–Kier alpha value is -2.98. The van der Waals surface area contributed by atoms with E-state index in [-0.39, 0.29) is 28.1 Å². The minimum absolute atomic E-state index is 0.0881. The molecule has 1 amide bonds. The van der Waals surface area contributed by atoms with Crippen LogP contribution >= 0.6 is 0 Å². The minimum atomic E-state index is -3.80. The molecule has 1 aliphatic rings. The highest BCUT2D eigenvalue weighted by molar-refractivity contribution is 7.89. The van der Waals surface area contributed by atoms with Crippen molar-refractivity contribution in [1.82, 2.24) is 4.31 Å². The third kappa shape index (κ3) is 4.95. The molecule has 0 aliphatic carbocycles. The second-order valence-electron chi connectivity index (χ2n) is 7.43. The maximum absolute atomic E-state index is 13.0. The van der Waals surface area contributed by atoms with Crippen LogP contribution in [0.2, 0.25) is 0 Å². The van der Waals surface area contributed by atoms with E-state index in [0.717, 1.165) is 18.9 Å². The molecule has 0 radical (unpaired) electrons. The molecule has 10 heteroatoms. The van der Waals surface area contributed by atoms with Crippen LogP contribution < -0.4 is 10.6 Å². The number of nitro benzene ring substituents is 1. The normalized spacial score (nSPS) is 17.3. The first-order valence-corrected chi connectivity index (χ1v) is 11.0. The van der Waals surface area contributed by atoms with Gasteiger partial charge in [0.15, 0.2) is 0 Å². The van der Waals surface area contributed by atoms with Gasteiger partial charge in [0.25, 0.3) is 5.69 Å². The summed E-state index contributed by atoms with van der Waals surface area (Å²) in [5.74, 6) is 0.0520. The van der Waals surface area contributed by atoms with Crippen molar-refractivity contribution in [2.24, 2.45) is 5.92 Å². The zero-order chi connectivity index (χ0) is 21.9. The maximum Gasteiger partial charge on any atom is 0.294 e. The van der Waals surface area contributed by atoms with Crippen molar-refractivity contribution in [3.63, 3.8) is 0 Å². The number of nitrogens with zero attached hydrogens (tertiary/aromatic N) is 2. The average Bonchev–Trinajstić information content (AvgIpc) is 2.69. The predicted molar refractivity (Wildman–Crippen MR) is 114 cm³/mol. The highest BCUT2D eigenvalue weighted by atomic mass is 32.2. The molecule has 0 aromatic heterocycles. The Balaban J connectivity index is 1.87. The van der Waals surface area contributed by atoms with E-state index >= 15 is 0 Å². The summed E-state index contributed by atoms with van der Waals surface area (Å²) in [6.07, 6.45) is 1.74. The molecule has 1 aliphatic heterocycles. The van der Waals surface area contributed by atoms with Gasteiger partial charge < -0.3 is 10.6 Å². The van der Waals surface area contributed by atoms with Crippen molar-refractivity contribution in [1.29, 1.82) is 0 Å². The van der Waals surface area contributed by atoms with Crippen molar-refractivity contribution >= 4 is 38.7 Å². The molecule has 1 atom stereocenters. The zero-order valence-electron chi connectivity index (χ0n) is 16.8. The lowest BCUT2D eigenvalue weighted by molar-refractivity contribution is -0.384. The van der Waals surface area contributed by atoms with Gasteiger partial charge in [-0.05, 0) is 55.2 Å². The van der Waals surface area contributed by atoms with Gasteiger partial charge in [0.2, 0.25) is 15.9 Å². The summed E-state index contributed by atoms with van der Waals surface area (Å²) in [6, 6.07) is 10.5. The van der Waals surface area contributed by atoms with E-state index in [2.05, 4.69) is 10.6 Å². The number of sulfonamides is 1. The number of anilines is 3. The molecule has 3 rings (SSSR count). The molecule has 0 spiro atoms. The van der Waals surface area contributed by atoms with Crippen LogP contribution in [-0.4, -0.2) is 36.6 Å². The number of amides is 1. The molecule has 0 bridgehead atoms. The van der Waals surface area contributed by atoms with Crippen LogP contribution in [0.5, 0.6) is 0 Å². The molecule has 1 unspecified atom stereocenters. The Morgan fingerprint density at radius 1 is 1.17 bits per heavy atom. The number of nitrogens with one attached hydrogen (secondary N) is 2. The molecule has 9 nitrogen and oxygen atoms in total. The lowest BCUT2D eigenvalue weighted by Gasteiger charge is -2.30. The van der Waals surface area contributed by atoms with Gasteiger partial charge in [-0.15, -0.1) is 0 Å². The number of hydrogen-bond donors (Lipinski definition) is 2. The Morgan fingerprint density at radius 2 is 1.83 bits per heavy atom. The van der Waals surface area contributed by atoms with Gasteiger partial charge in [0.1, 0.15) is 5.69 Å². The number of rotatable bonds is 6. The molecule has 1 fully saturated rings. The zero-order valence-corrected chi connectivity index (χ0v) is 17.6. The van der Waals surface area contributed by atoms with E-state index in [1.165, 1.54) is 23.4 Å². The molecular formula is C20H24N4O5S. The number of carbonyl (C=O) groups excluding carboxylic acids is 1. The van der Waals surface area contributed by atoms with Crippen molar-refractivity contribution in [2.75, 3.05) is 23.7 Å². The third-order valence-corrected chi connectivity index (χ3v) is 6.77. The molecular weight excluding hydrogens is 408 g/mol. The largest absolute Gasteiger partial charge is 0.350 e. The van der Waals surface area contributed by atoms with E-state index in [1.807, 2.05) is 6.92 Å². The molecule has 1 saturated heterocycles. The summed E-state index contributed by atoms with van der Waals surface area (Å²) in [5, 5.41) is 17.2. The van der Waals surface area contributed by atoms with Crippen molar-refractivity contribution in [2.45, 2.75) is 31.6 Å². The van der Waals surface area contributed by atoms with Gasteiger partial charge in [0.05, 0.1) is 9.82 Å². The van der Waals surface area contributed by atoms with Gasteiger partial charge in [0, 0.05) is 37.5 Å². The summed E-state index contributed by atoms with van der Waals surface area (Å²) in [7, 11) is -3.80. The van der Waals surface area contributed by atoms with Gasteiger partial charge >= 0.3 is 0 Å². The average molecular weight is 433 g/mol. The number of benzene rings is 2. The van der Waals surface area contributed by atoms with Crippen LogP contribution in [-0.2, 0) is 14.8 Å². The SMILES string of the molecule is CC(=O)Nc1ccc(Nc2ccc(S(=O)(=O)N3CCCC(C)C3)cc2[N+](=O)[O-])cc1. The lowest BCUT2D eigenvalue weighted by atomic mass is 10.0. The topological polar surface area (TPSA) is 122 Å². The highest BCUT2D eigenvalue weighted by Crippen LogP contribution is 2.32. The van der Waals surface area contributed by atoms with E-state index < -0.39 is 14.9 Å². The second-order valence-corrected chi connectivity index (χ2v) is 9.37. The standard InChI is InChI=1S/C20H24N4O5S/c1-14-4-3-11-23(13-14)30(28,29)18-9-10-19(20(12-18)24(26)27)22-17-7-5-16(6-8-17)21-15(2)25/h5-10,12,14,22H,3-4,11,13H2,1-2H3,(H,21,25). The Labute approximate surface area is 175 Å². The molecule has 2 aromatic carbocycles. The highest BCUT2D eigenvalue weighted by Gasteiger charge is 2.30. The predicted octanol–water partition coefficient (Wildman–Crippen LogP) is 3.72. The van der Waals surface area contributed by atoms with Crippen LogP contribution in [0.3, 0.4) is 0 Å². The monoisotopic (exact) mass is 432 g/mol. The molecule has 0 saturated carbocycles. The smallest absolute Gasteiger partial charge is 0.294 e. The summed E-state index contributed by atoms with van der Waals surface area (Å²) in [5.41, 5.74) is 1.01. The number of carbonyl (C=O) groups is 1. The maximum atomic E-state index is 13.0. The van der Waals surface area contributed by atoms with Gasteiger partial charge in [-0.1, -0.05) is 6.92 Å². The van der Waals surface area contributed by atoms with Crippen LogP contribution in [0, 0.1) is 16.0 Å². The third-order valence-electron chi connectivity index (χ3n) is 4.91. The first kappa shape index (κ1) is 21.7. The summed E-state index contributed by atoms with van der Waals surface area (Å²) in [6.45, 7) is 4.22. The number of hydrogen-bond acceptors (Lipinski definition) is 6. The van der Waals surface area contributed by atoms with Crippen LogP contribution in [0.1, 0.15) is 26.7 Å². The molecule has 2 N–H and O–H groups in total. The first-order chi connectivity index (χ1) is 14.2. The Bertz CT molecular complexity index is 1050. The fourth-order valence-corrected chi connectivity index (χ4v) is 5.06. The van der Waals surface area contributed by atoms with Crippen molar-refractivity contribution in [3.05, 3.63) is 52.6 Å². The van der Waals surface area contributed by atoms with E-state index in [4.69, 9.17) is 0 Å². The number of nitro groups is 1. The van der Waals surface area contributed by atoms with E-state index in [1.54, 1.807) is 24.3 Å². The first-order valence-electron chi connectivity index (χ1n) is 9.60. The fraction of sp³-hybridized carbons (Fsp3) is 0.350. The molecule has 30 heavy (non-hydrogen) atoms. The van der Waals surface area contributed by atoms with Crippen molar-refractivity contribution < 1.29 is 18.1 Å². The number of piperidine rings is 1. The van der Waals surface area contributed by atoms with Gasteiger partial charge in [-0.2, -0.15) is 4.31 Å². The fourth-order valence-electron chi connectivity index (χ4n) is 3.44. The molecule has 1 heterocycles. The molecule has 160 valence electrons. The quantitative estimate of drug-likeness (QED) is 0.530. The summed E-state index contributed by atoms with van der Waals surface area (Å²) < 4.78 is 27.3. The van der Waals surface area contributed by atoms with Crippen LogP contribution in [0.25, 0.3) is 0 Å². The summed E-state index contributed by atoms with van der Waals surface area (Å²) >= 11 is 0. The Morgan fingerprint density at radius 3 is 2.43 bits per heavy atom. The van der Waals surface area contributed by atoms with Crippen molar-refractivity contribution in [3.8, 4) is 0 Å². The lowest BCUT2D eigenvalue weighted by Crippen LogP contribution is -2.39. The van der Waals surface area contributed by atoms with E-state index in [0.29, 0.717) is 24.5 Å². The van der Waals surface area contributed by atoms with E-state index in [9.17, 15) is 23.3 Å². The summed E-state index contributed by atoms with van der Waals surface area (Å²) in [4.78, 5) is 22.0. The molecule has 2 aromatic rings. The van der Waals surface area contributed by atoms with Crippen LogP contribution in [0.15, 0.2) is 47.4 Å². The van der Waals surface area contributed by atoms with Gasteiger partial charge in [-0.25, -0.2) is 8.42 Å².